The summed E-state index contributed by atoms with van der Waals surface area (Å²) >= 11 is 0. The lowest BCUT2D eigenvalue weighted by Gasteiger charge is -2.32. The van der Waals surface area contributed by atoms with Crippen LogP contribution in [0.3, 0.4) is 0 Å². The molecule has 5 N–H and O–H groups in total. The second-order valence-corrected chi connectivity index (χ2v) is 10.3. The molecule has 0 saturated carbocycles. The number of fused-ring (bicyclic) bond motifs is 2. The van der Waals surface area contributed by atoms with Crippen molar-refractivity contribution in [1.29, 1.82) is 0 Å². The molecule has 0 atom stereocenters. The van der Waals surface area contributed by atoms with Crippen LogP contribution in [0.4, 0.5) is 22.7 Å². The maximum Gasteiger partial charge on any atom is 0.0514 e. The first kappa shape index (κ1) is 23.8. The highest BCUT2D eigenvalue weighted by atomic mass is 14.9. The first-order valence-electron chi connectivity index (χ1n) is 13.6. The van der Waals surface area contributed by atoms with Gasteiger partial charge in [0.1, 0.15) is 0 Å². The van der Waals surface area contributed by atoms with E-state index in [1.165, 1.54) is 5.56 Å². The molecule has 6 aromatic carbocycles. The van der Waals surface area contributed by atoms with Gasteiger partial charge in [-0.3, -0.25) is 0 Å². The van der Waals surface area contributed by atoms with Crippen LogP contribution in [0.15, 0.2) is 133 Å². The van der Waals surface area contributed by atoms with Crippen molar-refractivity contribution in [2.45, 2.75) is 6.42 Å². The average molecular weight is 516 g/mol. The molecule has 0 unspecified atom stereocenters. The second kappa shape index (κ2) is 9.79. The monoisotopic (exact) mass is 515 g/mol. The maximum atomic E-state index is 7.23. The van der Waals surface area contributed by atoms with Crippen LogP contribution in [0.1, 0.15) is 11.1 Å². The molecule has 1 aliphatic rings. The van der Waals surface area contributed by atoms with Crippen molar-refractivity contribution in [3.63, 3.8) is 0 Å². The third kappa shape index (κ3) is 4.00. The molecule has 0 aromatic heterocycles. The largest absolute Gasteiger partial charge is 0.399 e. The molecule has 3 nitrogen and oxygen atoms in total. The first-order chi connectivity index (χ1) is 19.7. The lowest BCUT2D eigenvalue weighted by Crippen LogP contribution is -2.14. The van der Waals surface area contributed by atoms with Crippen molar-refractivity contribution in [2.24, 2.45) is 0 Å². The van der Waals surface area contributed by atoms with Crippen LogP contribution in [0.2, 0.25) is 0 Å². The Morgan fingerprint density at radius 1 is 0.475 bits per heavy atom. The third-order valence-corrected chi connectivity index (χ3v) is 7.77. The van der Waals surface area contributed by atoms with Crippen molar-refractivity contribution < 1.29 is 0 Å². The van der Waals surface area contributed by atoms with Crippen LogP contribution >= 0.6 is 0 Å². The highest BCUT2D eigenvalue weighted by Crippen LogP contribution is 2.54. The molecule has 0 radical (unpaired) electrons. The van der Waals surface area contributed by atoms with E-state index in [0.717, 1.165) is 72.8 Å². The van der Waals surface area contributed by atoms with Gasteiger partial charge in [0.05, 0.1) is 11.4 Å². The standard InChI is InChI=1S/C37H29N3/c38-29-21-28-22-31-32(25-15-7-2-8-16-25)35(39)33(26-17-9-3-10-18-26)34(27-19-11-4-12-20-27)37(31)40-36(28)30(23-29)24-13-5-1-6-14-24/h1-21,23,40H,22,38-39H2. The van der Waals surface area contributed by atoms with Gasteiger partial charge in [-0.1, -0.05) is 121 Å². The van der Waals surface area contributed by atoms with Crippen molar-refractivity contribution in [2.75, 3.05) is 16.8 Å². The fourth-order valence-corrected chi connectivity index (χ4v) is 6.05. The highest BCUT2D eigenvalue weighted by molar-refractivity contribution is 6.08. The number of anilines is 4. The fourth-order valence-electron chi connectivity index (χ4n) is 6.05. The van der Waals surface area contributed by atoms with Crippen LogP contribution in [-0.2, 0) is 6.42 Å². The Hall–Kier alpha value is -5.28. The van der Waals surface area contributed by atoms with E-state index >= 15 is 0 Å². The molecule has 0 amide bonds. The topological polar surface area (TPSA) is 64.1 Å². The van der Waals surface area contributed by atoms with Gasteiger partial charge in [0.25, 0.3) is 0 Å². The number of nitrogens with one attached hydrogen (secondary N) is 1. The number of rotatable bonds is 4. The maximum absolute atomic E-state index is 7.23. The minimum atomic E-state index is 0.714. The van der Waals surface area contributed by atoms with Crippen molar-refractivity contribution in [3.05, 3.63) is 145 Å². The molecule has 192 valence electrons. The zero-order chi connectivity index (χ0) is 27.1. The number of benzene rings is 6. The minimum Gasteiger partial charge on any atom is -0.399 e. The molecule has 3 heteroatoms. The summed E-state index contributed by atoms with van der Waals surface area (Å²) in [6.45, 7) is 0. The first-order valence-corrected chi connectivity index (χ1v) is 13.6. The number of nitrogens with two attached hydrogens (primary N) is 2. The Balaban J connectivity index is 1.59. The van der Waals surface area contributed by atoms with E-state index in [9.17, 15) is 0 Å². The number of nitrogen functional groups attached to an aromatic ring is 2. The van der Waals surface area contributed by atoms with Gasteiger partial charge >= 0.3 is 0 Å². The van der Waals surface area contributed by atoms with Gasteiger partial charge in [0.15, 0.2) is 0 Å². The Morgan fingerprint density at radius 2 is 0.950 bits per heavy atom. The number of hydrogen-bond acceptors (Lipinski definition) is 3. The second-order valence-electron chi connectivity index (χ2n) is 10.3. The van der Waals surface area contributed by atoms with Gasteiger partial charge in [0, 0.05) is 40.0 Å². The van der Waals surface area contributed by atoms with Crippen LogP contribution in [0.25, 0.3) is 44.5 Å². The van der Waals surface area contributed by atoms with E-state index in [-0.39, 0.29) is 0 Å². The smallest absolute Gasteiger partial charge is 0.0514 e. The zero-order valence-corrected chi connectivity index (χ0v) is 22.1. The van der Waals surface area contributed by atoms with Gasteiger partial charge in [-0.05, 0) is 45.5 Å². The molecular formula is C37H29N3. The minimum absolute atomic E-state index is 0.714. The van der Waals surface area contributed by atoms with Crippen molar-refractivity contribution >= 4 is 22.7 Å². The average Bonchev–Trinajstić information content (AvgIpc) is 3.01. The summed E-state index contributed by atoms with van der Waals surface area (Å²) in [6, 6.07) is 46.2. The van der Waals surface area contributed by atoms with Gasteiger partial charge in [-0.15, -0.1) is 0 Å². The summed E-state index contributed by atoms with van der Waals surface area (Å²) in [5.41, 5.74) is 28.5. The van der Waals surface area contributed by atoms with E-state index in [1.807, 2.05) is 18.2 Å². The Kier molecular flexibility index (Phi) is 5.83. The lowest BCUT2D eigenvalue weighted by molar-refractivity contribution is 1.16. The van der Waals surface area contributed by atoms with Gasteiger partial charge < -0.3 is 16.8 Å². The molecule has 1 heterocycles. The van der Waals surface area contributed by atoms with E-state index in [0.29, 0.717) is 6.42 Å². The van der Waals surface area contributed by atoms with E-state index in [2.05, 4.69) is 121 Å². The third-order valence-electron chi connectivity index (χ3n) is 7.77. The summed E-state index contributed by atoms with van der Waals surface area (Å²) in [5, 5.41) is 3.94. The molecule has 6 aromatic rings. The number of hydrogen-bond donors (Lipinski definition) is 3. The lowest BCUT2D eigenvalue weighted by atomic mass is 9.80. The van der Waals surface area contributed by atoms with Crippen LogP contribution in [0, 0.1) is 0 Å². The molecule has 1 aliphatic heterocycles. The molecule has 0 aliphatic carbocycles. The predicted octanol–water partition coefficient (Wildman–Crippen LogP) is 9.17. The molecule has 40 heavy (non-hydrogen) atoms. The molecule has 0 bridgehead atoms. The molecule has 0 fully saturated rings. The molecular weight excluding hydrogens is 486 g/mol. The summed E-state index contributed by atoms with van der Waals surface area (Å²) in [6.07, 6.45) is 0.714. The van der Waals surface area contributed by atoms with Crippen molar-refractivity contribution in [3.8, 4) is 44.5 Å². The molecule has 0 spiro atoms. The van der Waals surface area contributed by atoms with E-state index in [4.69, 9.17) is 11.5 Å². The van der Waals surface area contributed by atoms with Crippen molar-refractivity contribution in [1.82, 2.24) is 0 Å². The Morgan fingerprint density at radius 3 is 1.50 bits per heavy atom. The summed E-state index contributed by atoms with van der Waals surface area (Å²) < 4.78 is 0. The predicted molar refractivity (Wildman–Crippen MR) is 170 cm³/mol. The Bertz CT molecular complexity index is 1830. The fraction of sp³-hybridized carbons (Fsp3) is 0.0270. The van der Waals surface area contributed by atoms with Gasteiger partial charge in [0.2, 0.25) is 0 Å². The summed E-state index contributed by atoms with van der Waals surface area (Å²) in [4.78, 5) is 0. The van der Waals surface area contributed by atoms with Crippen LogP contribution in [0.5, 0.6) is 0 Å². The molecule has 0 saturated heterocycles. The quantitative estimate of drug-likeness (QED) is 0.205. The van der Waals surface area contributed by atoms with Gasteiger partial charge in [-0.2, -0.15) is 0 Å². The van der Waals surface area contributed by atoms with Crippen LogP contribution in [-0.4, -0.2) is 0 Å². The zero-order valence-electron chi connectivity index (χ0n) is 22.1. The van der Waals surface area contributed by atoms with E-state index < -0.39 is 0 Å². The summed E-state index contributed by atoms with van der Waals surface area (Å²) in [7, 11) is 0. The van der Waals surface area contributed by atoms with E-state index in [1.54, 1.807) is 0 Å². The Labute approximate surface area is 234 Å². The normalized spacial score (nSPS) is 11.8. The molecule has 7 rings (SSSR count). The highest BCUT2D eigenvalue weighted by Gasteiger charge is 2.30. The summed E-state index contributed by atoms with van der Waals surface area (Å²) in [5.74, 6) is 0. The van der Waals surface area contributed by atoms with Gasteiger partial charge in [-0.25, -0.2) is 0 Å². The van der Waals surface area contributed by atoms with Crippen LogP contribution < -0.4 is 16.8 Å². The SMILES string of the molecule is Nc1cc2c(c(-c3ccccc3)c1)Nc1c(c(-c3ccccc3)c(N)c(-c3ccccc3)c1-c1ccccc1)C2.